The zero-order chi connectivity index (χ0) is 25.8. The lowest BCUT2D eigenvalue weighted by Crippen LogP contribution is -2.30. The lowest BCUT2D eigenvalue weighted by Gasteiger charge is -2.29. The Bertz CT molecular complexity index is 1690. The summed E-state index contributed by atoms with van der Waals surface area (Å²) in [5, 5.41) is 2.02. The fourth-order valence-electron chi connectivity index (χ4n) is 7.26. The van der Waals surface area contributed by atoms with Gasteiger partial charge in [0.25, 0.3) is 0 Å². The van der Waals surface area contributed by atoms with E-state index in [1.165, 1.54) is 61.6 Å². The van der Waals surface area contributed by atoms with E-state index in [-0.39, 0.29) is 5.82 Å². The van der Waals surface area contributed by atoms with E-state index in [9.17, 15) is 0 Å². The quantitative estimate of drug-likeness (QED) is 0.224. The second-order valence-corrected chi connectivity index (χ2v) is 11.4. The van der Waals surface area contributed by atoms with Crippen molar-refractivity contribution in [2.75, 3.05) is 0 Å². The molecule has 0 radical (unpaired) electrons. The Hall–Kier alpha value is -3.46. The number of benzene rings is 3. The van der Waals surface area contributed by atoms with E-state index in [4.69, 9.17) is 4.42 Å². The van der Waals surface area contributed by atoms with Crippen LogP contribution in [-0.4, -0.2) is 0 Å². The molecule has 1 fully saturated rings. The molecule has 2 aliphatic carbocycles. The van der Waals surface area contributed by atoms with Crippen LogP contribution in [0.4, 0.5) is 4.39 Å². The molecule has 0 saturated heterocycles. The molecule has 2 aromatic heterocycles. The zero-order valence-corrected chi connectivity index (χ0v) is 22.4. The van der Waals surface area contributed by atoms with Crippen molar-refractivity contribution in [2.45, 2.75) is 70.6 Å². The van der Waals surface area contributed by atoms with Crippen LogP contribution in [0.5, 0.6) is 0 Å². The molecule has 0 unspecified atom stereocenters. The van der Waals surface area contributed by atoms with E-state index < -0.39 is 0 Å². The highest BCUT2D eigenvalue weighted by atomic mass is 19.1. The van der Waals surface area contributed by atoms with E-state index in [2.05, 4.69) is 61.1 Å². The van der Waals surface area contributed by atoms with Gasteiger partial charge in [-0.25, -0.2) is 8.96 Å². The maximum absolute atomic E-state index is 15.9. The number of halogens is 1. The number of fused-ring (bicyclic) bond motifs is 4. The Balaban J connectivity index is 1.48. The Labute approximate surface area is 224 Å². The molecule has 5 aromatic rings. The van der Waals surface area contributed by atoms with E-state index in [0.29, 0.717) is 17.1 Å². The fourth-order valence-corrected chi connectivity index (χ4v) is 7.26. The average Bonchev–Trinajstić information content (AvgIpc) is 3.32. The van der Waals surface area contributed by atoms with Gasteiger partial charge in [-0.05, 0) is 97.4 Å². The number of aryl methyl sites for hydroxylation is 2. The van der Waals surface area contributed by atoms with Crippen molar-refractivity contribution < 1.29 is 13.4 Å². The summed E-state index contributed by atoms with van der Waals surface area (Å²) in [5.74, 6) is 0.465. The number of rotatable bonds is 3. The molecule has 3 aromatic carbocycles. The van der Waals surface area contributed by atoms with Gasteiger partial charge in [-0.2, -0.15) is 0 Å². The van der Waals surface area contributed by atoms with Crippen LogP contribution in [0.2, 0.25) is 0 Å². The summed E-state index contributed by atoms with van der Waals surface area (Å²) in [7, 11) is 2.06. The Morgan fingerprint density at radius 2 is 1.50 bits per heavy atom. The SMILES string of the molecule is Cc1ccc2c(oc3c(-c4ccc(C5CCCCC5)c5c4CCCC5)c(F)ccc32)c1-c1cccc[n+]1C. The number of furan rings is 1. The van der Waals surface area contributed by atoms with Crippen LogP contribution in [0.1, 0.15) is 73.1 Å². The Kier molecular flexibility index (Phi) is 5.83. The standard InChI is InChI=1S/C35H35FNO/c1-22-15-16-28-29-19-20-30(36)33(35(29)38-34(28)32(22)31-14-8-9-21-37(31)2)27-18-17-24(23-10-4-3-5-11-23)25-12-6-7-13-26(25)27/h8-9,14-21,23H,3-7,10-13H2,1-2H3/q+1. The fraction of sp³-hybridized carbons (Fsp3) is 0.343. The molecule has 1 saturated carbocycles. The number of pyridine rings is 1. The highest BCUT2D eigenvalue weighted by Crippen LogP contribution is 2.45. The van der Waals surface area contributed by atoms with E-state index in [1.54, 1.807) is 6.07 Å². The van der Waals surface area contributed by atoms with Gasteiger partial charge in [0.1, 0.15) is 24.0 Å². The summed E-state index contributed by atoms with van der Waals surface area (Å²) in [6.45, 7) is 2.12. The highest BCUT2D eigenvalue weighted by Gasteiger charge is 2.27. The third-order valence-electron chi connectivity index (χ3n) is 9.16. The van der Waals surface area contributed by atoms with Gasteiger partial charge in [-0.3, -0.25) is 0 Å². The maximum atomic E-state index is 15.9. The second kappa shape index (κ2) is 9.38. The summed E-state index contributed by atoms with van der Waals surface area (Å²) in [5.41, 5.74) is 10.9. The van der Waals surface area contributed by atoms with Gasteiger partial charge in [0.15, 0.2) is 6.20 Å². The van der Waals surface area contributed by atoms with E-state index in [1.807, 2.05) is 12.1 Å². The molecule has 192 valence electrons. The minimum Gasteiger partial charge on any atom is -0.454 e. The smallest absolute Gasteiger partial charge is 0.216 e. The molecule has 38 heavy (non-hydrogen) atoms. The first-order chi connectivity index (χ1) is 18.6. The summed E-state index contributed by atoms with van der Waals surface area (Å²) in [4.78, 5) is 0. The number of aromatic nitrogens is 1. The first kappa shape index (κ1) is 23.6. The lowest BCUT2D eigenvalue weighted by molar-refractivity contribution is -0.660. The van der Waals surface area contributed by atoms with Crippen molar-refractivity contribution in [3.8, 4) is 22.4 Å². The molecule has 0 N–H and O–H groups in total. The summed E-state index contributed by atoms with van der Waals surface area (Å²) >= 11 is 0. The summed E-state index contributed by atoms with van der Waals surface area (Å²) in [6.07, 6.45) is 13.2. The van der Waals surface area contributed by atoms with Gasteiger partial charge < -0.3 is 4.42 Å². The molecule has 0 spiro atoms. The molecule has 2 aliphatic rings. The summed E-state index contributed by atoms with van der Waals surface area (Å²) < 4.78 is 24.7. The van der Waals surface area contributed by atoms with Crippen molar-refractivity contribution in [1.29, 1.82) is 0 Å². The van der Waals surface area contributed by atoms with Gasteiger partial charge >= 0.3 is 0 Å². The predicted octanol–water partition coefficient (Wildman–Crippen LogP) is 9.12. The molecule has 3 heteroatoms. The number of hydrogen-bond acceptors (Lipinski definition) is 1. The zero-order valence-electron chi connectivity index (χ0n) is 22.4. The average molecular weight is 505 g/mol. The topological polar surface area (TPSA) is 17.0 Å². The van der Waals surface area contributed by atoms with Crippen LogP contribution in [0.3, 0.4) is 0 Å². The molecule has 0 amide bonds. The monoisotopic (exact) mass is 504 g/mol. The van der Waals surface area contributed by atoms with Gasteiger partial charge in [-0.1, -0.05) is 43.5 Å². The first-order valence-electron chi connectivity index (χ1n) is 14.4. The van der Waals surface area contributed by atoms with Crippen molar-refractivity contribution in [3.05, 3.63) is 88.9 Å². The molecular formula is C35H35FNO+. The second-order valence-electron chi connectivity index (χ2n) is 11.4. The van der Waals surface area contributed by atoms with Crippen LogP contribution < -0.4 is 4.57 Å². The van der Waals surface area contributed by atoms with E-state index >= 15 is 4.39 Å². The van der Waals surface area contributed by atoms with Gasteiger partial charge in [0.2, 0.25) is 5.69 Å². The number of nitrogens with zero attached hydrogens (tertiary/aromatic N) is 1. The van der Waals surface area contributed by atoms with Crippen LogP contribution in [0.15, 0.2) is 65.2 Å². The third-order valence-corrected chi connectivity index (χ3v) is 9.16. The van der Waals surface area contributed by atoms with Crippen molar-refractivity contribution in [2.24, 2.45) is 7.05 Å². The van der Waals surface area contributed by atoms with Gasteiger partial charge in [0, 0.05) is 22.9 Å². The minimum atomic E-state index is -0.196. The molecule has 0 bridgehead atoms. The maximum Gasteiger partial charge on any atom is 0.216 e. The van der Waals surface area contributed by atoms with Crippen LogP contribution in [0.25, 0.3) is 44.3 Å². The molecular weight excluding hydrogens is 469 g/mol. The predicted molar refractivity (Wildman–Crippen MR) is 153 cm³/mol. The van der Waals surface area contributed by atoms with Crippen molar-refractivity contribution >= 4 is 21.9 Å². The Morgan fingerprint density at radius 1 is 0.763 bits per heavy atom. The molecule has 7 rings (SSSR count). The number of hydrogen-bond donors (Lipinski definition) is 0. The largest absolute Gasteiger partial charge is 0.454 e. The lowest BCUT2D eigenvalue weighted by atomic mass is 9.76. The summed E-state index contributed by atoms with van der Waals surface area (Å²) in [6, 6.07) is 18.6. The Morgan fingerprint density at radius 3 is 2.29 bits per heavy atom. The highest BCUT2D eigenvalue weighted by molar-refractivity contribution is 6.13. The molecule has 0 aliphatic heterocycles. The first-order valence-corrected chi connectivity index (χ1v) is 14.4. The normalized spacial score (nSPS) is 16.3. The molecule has 2 heterocycles. The molecule has 0 atom stereocenters. The van der Waals surface area contributed by atoms with Crippen LogP contribution in [-0.2, 0) is 19.9 Å². The van der Waals surface area contributed by atoms with Crippen LogP contribution >= 0.6 is 0 Å². The van der Waals surface area contributed by atoms with E-state index in [0.717, 1.165) is 51.6 Å². The third kappa shape index (κ3) is 3.70. The minimum absolute atomic E-state index is 0.196. The van der Waals surface area contributed by atoms with Gasteiger partial charge in [-0.15, -0.1) is 0 Å². The van der Waals surface area contributed by atoms with Crippen molar-refractivity contribution in [3.63, 3.8) is 0 Å². The van der Waals surface area contributed by atoms with Crippen LogP contribution in [0, 0.1) is 12.7 Å². The van der Waals surface area contributed by atoms with Crippen molar-refractivity contribution in [1.82, 2.24) is 0 Å². The molecule has 2 nitrogen and oxygen atoms in total. The van der Waals surface area contributed by atoms with Gasteiger partial charge in [0.05, 0.1) is 11.1 Å².